The molecule has 0 aliphatic rings. The van der Waals surface area contributed by atoms with E-state index in [0.29, 0.717) is 16.9 Å². The Morgan fingerprint density at radius 2 is 1.65 bits per heavy atom. The van der Waals surface area contributed by atoms with E-state index in [9.17, 15) is 4.79 Å². The lowest BCUT2D eigenvalue weighted by molar-refractivity contribution is 0.103. The van der Waals surface area contributed by atoms with E-state index in [1.165, 1.54) is 0 Å². The van der Waals surface area contributed by atoms with Gasteiger partial charge in [-0.2, -0.15) is 0 Å². The lowest BCUT2D eigenvalue weighted by Gasteiger charge is -2.01. The molecule has 2 aromatic rings. The number of nitrogens with two attached hydrogens (primary N) is 1. The average molecular weight is 228 g/mol. The van der Waals surface area contributed by atoms with Crippen LogP contribution < -0.4 is 5.73 Å². The average Bonchev–Trinajstić information content (AvgIpc) is 2.57. The zero-order chi connectivity index (χ0) is 12.6. The first-order valence-electron chi connectivity index (χ1n) is 5.56. The van der Waals surface area contributed by atoms with Crippen LogP contribution >= 0.6 is 0 Å². The fourth-order valence-electron chi connectivity index (χ4n) is 1.85. The van der Waals surface area contributed by atoms with Crippen molar-refractivity contribution >= 4 is 11.5 Å². The van der Waals surface area contributed by atoms with Crippen molar-refractivity contribution in [3.63, 3.8) is 0 Å². The number of carbonyl (C=O) groups is 1. The molecule has 0 aliphatic heterocycles. The fraction of sp³-hybridized carbons (Fsp3) is 0.214. The second-order valence-corrected chi connectivity index (χ2v) is 4.33. The van der Waals surface area contributed by atoms with Gasteiger partial charge in [0, 0.05) is 16.9 Å². The van der Waals surface area contributed by atoms with Crippen molar-refractivity contribution in [3.05, 3.63) is 52.3 Å². The Bertz CT molecular complexity index is 565. The Labute approximate surface area is 101 Å². The van der Waals surface area contributed by atoms with Crippen molar-refractivity contribution in [2.75, 3.05) is 5.73 Å². The predicted octanol–water partition coefficient (Wildman–Crippen LogP) is 2.75. The number of nitrogen functional groups attached to an aromatic ring is 1. The summed E-state index contributed by atoms with van der Waals surface area (Å²) in [6.07, 6.45) is 0. The number of ketones is 1. The van der Waals surface area contributed by atoms with E-state index in [1.54, 1.807) is 24.3 Å². The Hall–Kier alpha value is -2.03. The molecule has 0 atom stereocenters. The van der Waals surface area contributed by atoms with Crippen molar-refractivity contribution < 1.29 is 4.79 Å². The summed E-state index contributed by atoms with van der Waals surface area (Å²) in [5.74, 6) is 0.0127. The summed E-state index contributed by atoms with van der Waals surface area (Å²) < 4.78 is 0. The van der Waals surface area contributed by atoms with Gasteiger partial charge in [-0.15, -0.1) is 0 Å². The van der Waals surface area contributed by atoms with Crippen LogP contribution in [0.3, 0.4) is 0 Å². The van der Waals surface area contributed by atoms with Crippen molar-refractivity contribution in [2.45, 2.75) is 20.8 Å². The highest BCUT2D eigenvalue weighted by Gasteiger charge is 2.16. The summed E-state index contributed by atoms with van der Waals surface area (Å²) >= 11 is 0. The number of anilines is 1. The lowest BCUT2D eigenvalue weighted by Crippen LogP contribution is -2.04. The van der Waals surface area contributed by atoms with Crippen molar-refractivity contribution in [1.82, 2.24) is 4.98 Å². The van der Waals surface area contributed by atoms with Crippen molar-refractivity contribution in [2.24, 2.45) is 0 Å². The number of aromatic nitrogens is 1. The van der Waals surface area contributed by atoms with Gasteiger partial charge in [-0.1, -0.05) is 0 Å². The molecule has 1 aromatic carbocycles. The van der Waals surface area contributed by atoms with Crippen LogP contribution in [0.15, 0.2) is 24.3 Å². The molecule has 0 saturated heterocycles. The van der Waals surface area contributed by atoms with Gasteiger partial charge in [-0.25, -0.2) is 0 Å². The molecule has 0 amide bonds. The van der Waals surface area contributed by atoms with Crippen LogP contribution in [0.5, 0.6) is 0 Å². The minimum absolute atomic E-state index is 0.0127. The molecule has 0 fully saturated rings. The summed E-state index contributed by atoms with van der Waals surface area (Å²) in [7, 11) is 0. The Morgan fingerprint density at radius 1 is 1.06 bits per heavy atom. The summed E-state index contributed by atoms with van der Waals surface area (Å²) in [5.41, 5.74) is 10.8. The van der Waals surface area contributed by atoms with E-state index in [2.05, 4.69) is 4.98 Å². The molecule has 3 N–H and O–H groups in total. The molecule has 17 heavy (non-hydrogen) atoms. The Kier molecular flexibility index (Phi) is 2.76. The Morgan fingerprint density at radius 3 is 2.12 bits per heavy atom. The zero-order valence-corrected chi connectivity index (χ0v) is 10.3. The third-order valence-corrected chi connectivity index (χ3v) is 3.21. The topological polar surface area (TPSA) is 58.9 Å². The molecule has 0 saturated carbocycles. The molecule has 0 bridgehead atoms. The molecule has 3 nitrogen and oxygen atoms in total. The van der Waals surface area contributed by atoms with Crippen LogP contribution in [0.2, 0.25) is 0 Å². The van der Waals surface area contributed by atoms with Gasteiger partial charge in [0.1, 0.15) is 0 Å². The first-order chi connectivity index (χ1) is 8.00. The van der Waals surface area contributed by atoms with Gasteiger partial charge in [0.05, 0.1) is 5.69 Å². The molecular weight excluding hydrogens is 212 g/mol. The van der Waals surface area contributed by atoms with E-state index in [1.807, 2.05) is 20.8 Å². The molecule has 0 spiro atoms. The number of hydrogen-bond acceptors (Lipinski definition) is 2. The van der Waals surface area contributed by atoms with E-state index in [4.69, 9.17) is 5.73 Å². The fourth-order valence-corrected chi connectivity index (χ4v) is 1.85. The number of rotatable bonds is 2. The second kappa shape index (κ2) is 4.09. The third-order valence-electron chi connectivity index (χ3n) is 3.21. The van der Waals surface area contributed by atoms with Crippen LogP contribution in [0.1, 0.15) is 32.9 Å². The highest BCUT2D eigenvalue weighted by atomic mass is 16.1. The molecule has 3 heteroatoms. The molecule has 88 valence electrons. The number of benzene rings is 1. The van der Waals surface area contributed by atoms with Crippen molar-refractivity contribution in [1.29, 1.82) is 0 Å². The summed E-state index contributed by atoms with van der Waals surface area (Å²) in [5, 5.41) is 0. The van der Waals surface area contributed by atoms with Gasteiger partial charge < -0.3 is 10.7 Å². The maximum atomic E-state index is 12.3. The van der Waals surface area contributed by atoms with Crippen LogP contribution in [0, 0.1) is 20.8 Å². The number of nitrogens with one attached hydrogen (secondary N) is 1. The number of hydrogen-bond donors (Lipinski definition) is 2. The monoisotopic (exact) mass is 228 g/mol. The van der Waals surface area contributed by atoms with Gasteiger partial charge in [-0.3, -0.25) is 4.79 Å². The zero-order valence-electron chi connectivity index (χ0n) is 10.3. The number of carbonyl (C=O) groups excluding carboxylic acids is 1. The minimum atomic E-state index is 0.0127. The summed E-state index contributed by atoms with van der Waals surface area (Å²) in [6.45, 7) is 5.95. The van der Waals surface area contributed by atoms with Crippen LogP contribution in [0.4, 0.5) is 5.69 Å². The quantitative estimate of drug-likeness (QED) is 0.613. The van der Waals surface area contributed by atoms with Crippen LogP contribution in [-0.4, -0.2) is 10.8 Å². The van der Waals surface area contributed by atoms with Gasteiger partial charge in [0.15, 0.2) is 0 Å². The Balaban J connectivity index is 2.44. The van der Waals surface area contributed by atoms with Gasteiger partial charge >= 0.3 is 0 Å². The largest absolute Gasteiger partial charge is 0.399 e. The number of H-pyrrole nitrogens is 1. The number of aryl methyl sites for hydroxylation is 1. The first kappa shape index (κ1) is 11.5. The lowest BCUT2D eigenvalue weighted by atomic mass is 10.0. The third kappa shape index (κ3) is 1.96. The molecule has 2 rings (SSSR count). The maximum Gasteiger partial charge on any atom is 0.209 e. The summed E-state index contributed by atoms with van der Waals surface area (Å²) in [4.78, 5) is 15.4. The minimum Gasteiger partial charge on any atom is -0.399 e. The van der Waals surface area contributed by atoms with E-state index in [0.717, 1.165) is 16.8 Å². The van der Waals surface area contributed by atoms with E-state index < -0.39 is 0 Å². The van der Waals surface area contributed by atoms with E-state index >= 15 is 0 Å². The second-order valence-electron chi connectivity index (χ2n) is 4.33. The molecule has 0 radical (unpaired) electrons. The molecule has 0 aliphatic carbocycles. The normalized spacial score (nSPS) is 10.5. The SMILES string of the molecule is Cc1[nH]c(C(=O)c2ccc(N)cc2)c(C)c1C. The van der Waals surface area contributed by atoms with E-state index in [-0.39, 0.29) is 5.78 Å². The molecular formula is C14H16N2O. The predicted molar refractivity (Wildman–Crippen MR) is 69.3 cm³/mol. The van der Waals surface area contributed by atoms with Crippen molar-refractivity contribution in [3.8, 4) is 0 Å². The summed E-state index contributed by atoms with van der Waals surface area (Å²) in [6, 6.07) is 6.99. The maximum absolute atomic E-state index is 12.3. The standard InChI is InChI=1S/C14H16N2O/c1-8-9(2)13(16-10(8)3)14(17)11-4-6-12(15)7-5-11/h4-7,16H,15H2,1-3H3. The number of aromatic amines is 1. The smallest absolute Gasteiger partial charge is 0.209 e. The van der Waals surface area contributed by atoms with Crippen LogP contribution in [-0.2, 0) is 0 Å². The molecule has 0 unspecified atom stereocenters. The van der Waals surface area contributed by atoms with Gasteiger partial charge in [0.2, 0.25) is 5.78 Å². The van der Waals surface area contributed by atoms with Crippen LogP contribution in [0.25, 0.3) is 0 Å². The van der Waals surface area contributed by atoms with Gasteiger partial charge in [0.25, 0.3) is 0 Å². The first-order valence-corrected chi connectivity index (χ1v) is 5.56. The highest BCUT2D eigenvalue weighted by molar-refractivity contribution is 6.09. The van der Waals surface area contributed by atoms with Gasteiger partial charge in [-0.05, 0) is 56.2 Å². The molecule has 1 aromatic heterocycles. The highest BCUT2D eigenvalue weighted by Crippen LogP contribution is 2.20. The molecule has 1 heterocycles.